The molecule has 0 aliphatic carbocycles. The van der Waals surface area contributed by atoms with E-state index in [2.05, 4.69) is 29.2 Å². The second-order valence-corrected chi connectivity index (χ2v) is 11.6. The molecule has 12 nitrogen and oxygen atoms in total. The van der Waals surface area contributed by atoms with Crippen LogP contribution >= 0.6 is 0 Å². The molecule has 2 aromatic carbocycles. The maximum absolute atomic E-state index is 13.0. The number of hydrogen-bond acceptors (Lipinski definition) is 11. The Morgan fingerprint density at radius 3 is 2.44 bits per heavy atom. The summed E-state index contributed by atoms with van der Waals surface area (Å²) in [5, 5.41) is 10.8. The molecule has 1 saturated heterocycles. The van der Waals surface area contributed by atoms with Crippen LogP contribution in [0.1, 0.15) is 50.2 Å². The number of fused-ring (bicyclic) bond motifs is 2. The lowest BCUT2D eigenvalue weighted by atomic mass is 9.74. The Labute approximate surface area is 247 Å². The molecule has 0 radical (unpaired) electrons. The van der Waals surface area contributed by atoms with Crippen molar-refractivity contribution in [1.29, 1.82) is 0 Å². The van der Waals surface area contributed by atoms with E-state index in [0.29, 0.717) is 36.5 Å². The molecule has 1 N–H and O–H groups in total. The van der Waals surface area contributed by atoms with Crippen LogP contribution in [0.2, 0.25) is 0 Å². The van der Waals surface area contributed by atoms with Crippen LogP contribution in [0.4, 0.5) is 0 Å². The smallest absolute Gasteiger partial charge is 0.422 e. The lowest BCUT2D eigenvalue weighted by molar-refractivity contribution is -0.170. The highest BCUT2D eigenvalue weighted by Crippen LogP contribution is 2.43. The van der Waals surface area contributed by atoms with Crippen LogP contribution in [0.25, 0.3) is 11.1 Å². The first-order valence-corrected chi connectivity index (χ1v) is 14.6. The number of ether oxygens (including phenoxy) is 3. The first-order valence-electron chi connectivity index (χ1n) is 14.6. The number of benzene rings is 2. The van der Waals surface area contributed by atoms with Crippen molar-refractivity contribution in [2.45, 2.75) is 57.5 Å². The number of piperidine rings is 1. The summed E-state index contributed by atoms with van der Waals surface area (Å²) in [6.45, 7) is 5.67. The average molecular weight is 595 g/mol. The lowest BCUT2D eigenvalue weighted by Gasteiger charge is -2.42. The van der Waals surface area contributed by atoms with Gasteiger partial charge in [-0.25, -0.2) is 14.4 Å². The largest absolute Gasteiger partial charge is 0.454 e. The van der Waals surface area contributed by atoms with Crippen molar-refractivity contribution in [2.24, 2.45) is 5.41 Å². The molecule has 228 valence electrons. The van der Waals surface area contributed by atoms with Gasteiger partial charge in [0, 0.05) is 18.7 Å². The molecule has 1 fully saturated rings. The number of carbonyl (C=O) groups is 3. The molecule has 43 heavy (non-hydrogen) atoms. The molecule has 4 heterocycles. The fourth-order valence-corrected chi connectivity index (χ4v) is 6.15. The molecule has 3 aromatic rings. The molecular weight excluding hydrogens is 560 g/mol. The molecule has 3 aliphatic rings. The average Bonchev–Trinajstić information content (AvgIpc) is 3.30. The molecule has 1 unspecified atom stereocenters. The van der Waals surface area contributed by atoms with E-state index in [4.69, 9.17) is 23.5 Å². The summed E-state index contributed by atoms with van der Waals surface area (Å²) in [5.74, 6) is -4.69. The zero-order valence-electron chi connectivity index (χ0n) is 24.0. The summed E-state index contributed by atoms with van der Waals surface area (Å²) < 4.78 is 22.9. The van der Waals surface area contributed by atoms with Gasteiger partial charge in [0.25, 0.3) is 0 Å². The van der Waals surface area contributed by atoms with E-state index in [0.717, 1.165) is 38.8 Å². The van der Waals surface area contributed by atoms with Crippen molar-refractivity contribution in [3.63, 3.8) is 0 Å². The van der Waals surface area contributed by atoms with E-state index < -0.39 is 42.1 Å². The topological polar surface area (TPSA) is 147 Å². The molecule has 0 saturated carbocycles. The number of rotatable bonds is 9. The number of oxazole rings is 1. The lowest BCUT2D eigenvalue weighted by Crippen LogP contribution is -2.48. The Hall–Kier alpha value is -4.00. The first-order chi connectivity index (χ1) is 20.7. The number of carbonyl (C=O) groups excluding carboxylic acids is 3. The van der Waals surface area contributed by atoms with E-state index in [1.165, 1.54) is 11.6 Å². The van der Waals surface area contributed by atoms with Crippen molar-refractivity contribution in [2.75, 3.05) is 32.8 Å². The number of aliphatic hydroxyl groups is 1. The van der Waals surface area contributed by atoms with Gasteiger partial charge in [-0.3, -0.25) is 4.79 Å². The molecule has 0 amide bonds. The van der Waals surface area contributed by atoms with Gasteiger partial charge in [0.1, 0.15) is 0 Å². The normalized spacial score (nSPS) is 21.9. The second-order valence-electron chi connectivity index (χ2n) is 11.6. The second kappa shape index (κ2) is 11.6. The highest BCUT2D eigenvalue weighted by Gasteiger charge is 2.48. The number of nitrogens with zero attached hydrogens (tertiary/aromatic N) is 2. The van der Waals surface area contributed by atoms with Crippen LogP contribution in [0, 0.1) is 5.41 Å². The summed E-state index contributed by atoms with van der Waals surface area (Å²) in [4.78, 5) is 58.3. The number of aryl methyl sites for hydroxylation is 1. The standard InChI is InChI=1S/C31H34N2O10/c1-2-39-19-30(10-8-20-6-4-3-5-7-20)11-14-32(15-12-30)13-9-21-16-22-25-27-26(21)41-23(34)17-31(38,28(36)42-27)18-24(35)43-33(25)29(37)40-22/h3-7,16,38H,2,8-15,17-19H2,1H3. The van der Waals surface area contributed by atoms with Gasteiger partial charge in [-0.15, -0.1) is 0 Å². The number of likely N-dealkylation sites (tertiary alicyclic amines) is 1. The van der Waals surface area contributed by atoms with Crippen LogP contribution in [-0.2, 0) is 32.0 Å². The van der Waals surface area contributed by atoms with Crippen molar-refractivity contribution in [3.8, 4) is 11.5 Å². The van der Waals surface area contributed by atoms with Gasteiger partial charge in [0.2, 0.25) is 5.75 Å². The molecule has 1 atom stereocenters. The van der Waals surface area contributed by atoms with Gasteiger partial charge in [-0.05, 0) is 69.2 Å². The zero-order chi connectivity index (χ0) is 30.2. The fourth-order valence-electron chi connectivity index (χ4n) is 6.15. The third-order valence-corrected chi connectivity index (χ3v) is 8.69. The van der Waals surface area contributed by atoms with E-state index in [9.17, 15) is 24.3 Å². The van der Waals surface area contributed by atoms with E-state index in [1.54, 1.807) is 0 Å². The van der Waals surface area contributed by atoms with Gasteiger partial charge in [0.05, 0.1) is 19.4 Å². The molecule has 2 bridgehead atoms. The quantitative estimate of drug-likeness (QED) is 0.287. The minimum absolute atomic E-state index is 0.0169. The van der Waals surface area contributed by atoms with Crippen molar-refractivity contribution in [3.05, 3.63) is 58.1 Å². The third kappa shape index (κ3) is 5.82. The zero-order valence-corrected chi connectivity index (χ0v) is 24.0. The molecular formula is C31H34N2O10. The summed E-state index contributed by atoms with van der Waals surface area (Å²) in [6, 6.07) is 12.0. The SMILES string of the molecule is CCOCC1(CCc2ccccc2)CCN(CCc2cc3oc(=O)n4c3c3c2OC(=O)CC(O)(CC(=O)O4)C(=O)O3)CC1. The van der Waals surface area contributed by atoms with Gasteiger partial charge in [-0.2, -0.15) is 0 Å². The predicted octanol–water partition coefficient (Wildman–Crippen LogP) is 2.19. The van der Waals surface area contributed by atoms with Gasteiger partial charge in [0.15, 0.2) is 22.5 Å². The number of esters is 2. The fraction of sp³-hybridized carbons (Fsp3) is 0.484. The van der Waals surface area contributed by atoms with Gasteiger partial charge < -0.3 is 33.5 Å². The molecule has 1 aromatic heterocycles. The molecule has 12 heteroatoms. The highest BCUT2D eigenvalue weighted by molar-refractivity contribution is 5.97. The van der Waals surface area contributed by atoms with Crippen LogP contribution in [0.3, 0.4) is 0 Å². The van der Waals surface area contributed by atoms with Crippen LogP contribution in [0.15, 0.2) is 45.6 Å². The minimum atomic E-state index is -2.51. The highest BCUT2D eigenvalue weighted by atomic mass is 16.7. The Balaban J connectivity index is 1.23. The van der Waals surface area contributed by atoms with Crippen molar-refractivity contribution in [1.82, 2.24) is 9.63 Å². The summed E-state index contributed by atoms with van der Waals surface area (Å²) in [5.41, 5.74) is -0.852. The molecule has 0 spiro atoms. The maximum atomic E-state index is 13.0. The molecule has 6 rings (SSSR count). The van der Waals surface area contributed by atoms with Gasteiger partial charge >= 0.3 is 23.7 Å². The van der Waals surface area contributed by atoms with Gasteiger partial charge in [-0.1, -0.05) is 35.1 Å². The predicted molar refractivity (Wildman–Crippen MR) is 151 cm³/mol. The van der Waals surface area contributed by atoms with Crippen molar-refractivity contribution < 1.29 is 43.0 Å². The van der Waals surface area contributed by atoms with Crippen molar-refractivity contribution >= 4 is 29.0 Å². The number of hydrogen-bond donors (Lipinski definition) is 1. The van der Waals surface area contributed by atoms with E-state index >= 15 is 0 Å². The summed E-state index contributed by atoms with van der Waals surface area (Å²) >= 11 is 0. The Kier molecular flexibility index (Phi) is 7.84. The Bertz CT molecular complexity index is 1600. The van der Waals surface area contributed by atoms with E-state index in [1.807, 2.05) is 13.0 Å². The maximum Gasteiger partial charge on any atom is 0.454 e. The summed E-state index contributed by atoms with van der Waals surface area (Å²) in [7, 11) is 0. The Morgan fingerprint density at radius 2 is 1.70 bits per heavy atom. The van der Waals surface area contributed by atoms with Crippen LogP contribution < -0.4 is 20.1 Å². The molecule has 3 aliphatic heterocycles. The van der Waals surface area contributed by atoms with E-state index in [-0.39, 0.29) is 28.0 Å². The minimum Gasteiger partial charge on any atom is -0.422 e. The third-order valence-electron chi connectivity index (χ3n) is 8.69. The van der Waals surface area contributed by atoms with Crippen LogP contribution in [0.5, 0.6) is 11.5 Å². The van der Waals surface area contributed by atoms with Crippen LogP contribution in [-0.4, -0.2) is 71.1 Å². The monoisotopic (exact) mass is 594 g/mol. The number of aromatic nitrogens is 1. The summed E-state index contributed by atoms with van der Waals surface area (Å²) in [6.07, 6.45) is 2.59. The first kappa shape index (κ1) is 29.1. The Morgan fingerprint density at radius 1 is 0.953 bits per heavy atom.